The average molecular weight is 474 g/mol. The maximum absolute atomic E-state index is 13.2. The molecule has 2 rings (SSSR count). The molecule has 0 aliphatic heterocycles. The molecule has 1 unspecified atom stereocenters. The number of carbonyl (C=O) groups is 2. The number of aryl methyl sites for hydroxylation is 1. The molecule has 0 saturated heterocycles. The van der Waals surface area contributed by atoms with Gasteiger partial charge in [0.15, 0.2) is 0 Å². The van der Waals surface area contributed by atoms with Crippen molar-refractivity contribution < 1.29 is 18.0 Å². The van der Waals surface area contributed by atoms with Crippen molar-refractivity contribution >= 4 is 27.5 Å². The zero-order valence-electron chi connectivity index (χ0n) is 20.0. The summed E-state index contributed by atoms with van der Waals surface area (Å²) >= 11 is 0. The van der Waals surface area contributed by atoms with Crippen molar-refractivity contribution in [2.24, 2.45) is 0 Å². The maximum atomic E-state index is 13.2. The highest BCUT2D eigenvalue weighted by Crippen LogP contribution is 2.20. The molecule has 2 aromatic rings. The van der Waals surface area contributed by atoms with Gasteiger partial charge in [0.25, 0.3) is 0 Å². The Kier molecular flexibility index (Phi) is 9.91. The number of sulfonamides is 1. The molecule has 1 N–H and O–H groups in total. The van der Waals surface area contributed by atoms with Gasteiger partial charge in [-0.15, -0.1) is 0 Å². The summed E-state index contributed by atoms with van der Waals surface area (Å²) in [5, 5.41) is 2.85. The summed E-state index contributed by atoms with van der Waals surface area (Å²) in [6, 6.07) is 16.2. The van der Waals surface area contributed by atoms with E-state index in [0.29, 0.717) is 25.2 Å². The summed E-state index contributed by atoms with van der Waals surface area (Å²) in [7, 11) is -3.50. The van der Waals surface area contributed by atoms with Gasteiger partial charge in [0, 0.05) is 26.1 Å². The standard InChI is InChI=1S/C25H35N3O4S/c1-5-16-26-25(30)21(3)27(19-22-12-7-6-8-13-22)24(29)15-10-17-28(33(4,31)32)23-14-9-11-20(2)18-23/h6-9,11-14,18,21H,5,10,15-17,19H2,1-4H3,(H,26,30). The molecule has 7 nitrogen and oxygen atoms in total. The van der Waals surface area contributed by atoms with Gasteiger partial charge in [-0.2, -0.15) is 0 Å². The molecule has 180 valence electrons. The van der Waals surface area contributed by atoms with Crippen LogP contribution in [0.15, 0.2) is 54.6 Å². The van der Waals surface area contributed by atoms with Gasteiger partial charge in [0.05, 0.1) is 11.9 Å². The monoisotopic (exact) mass is 473 g/mol. The number of carbonyl (C=O) groups excluding carboxylic acids is 2. The molecule has 0 heterocycles. The Morgan fingerprint density at radius 2 is 1.76 bits per heavy atom. The molecule has 0 radical (unpaired) electrons. The second-order valence-corrected chi connectivity index (χ2v) is 10.2. The predicted octanol–water partition coefficient (Wildman–Crippen LogP) is 3.48. The molecular formula is C25H35N3O4S. The number of benzene rings is 2. The van der Waals surface area contributed by atoms with Crippen molar-refractivity contribution in [1.82, 2.24) is 10.2 Å². The first-order valence-corrected chi connectivity index (χ1v) is 13.1. The van der Waals surface area contributed by atoms with Crippen molar-refractivity contribution in [1.29, 1.82) is 0 Å². The van der Waals surface area contributed by atoms with E-state index in [9.17, 15) is 18.0 Å². The lowest BCUT2D eigenvalue weighted by molar-refractivity contribution is -0.140. The molecule has 2 amide bonds. The van der Waals surface area contributed by atoms with E-state index in [0.717, 1.165) is 17.5 Å². The molecule has 0 saturated carbocycles. The van der Waals surface area contributed by atoms with Crippen LogP contribution < -0.4 is 9.62 Å². The van der Waals surface area contributed by atoms with Crippen molar-refractivity contribution in [3.05, 3.63) is 65.7 Å². The summed E-state index contributed by atoms with van der Waals surface area (Å²) in [6.07, 6.45) is 2.45. The number of rotatable bonds is 12. The average Bonchev–Trinajstić information content (AvgIpc) is 2.77. The fraction of sp³-hybridized carbons (Fsp3) is 0.440. The SMILES string of the molecule is CCCNC(=O)C(C)N(Cc1ccccc1)C(=O)CCCN(c1cccc(C)c1)S(C)(=O)=O. The molecule has 1 atom stereocenters. The van der Waals surface area contributed by atoms with Crippen LogP contribution in [0, 0.1) is 6.92 Å². The van der Waals surface area contributed by atoms with Gasteiger partial charge in [0.1, 0.15) is 6.04 Å². The number of hydrogen-bond donors (Lipinski definition) is 1. The third kappa shape index (κ3) is 8.20. The second kappa shape index (κ2) is 12.4. The highest BCUT2D eigenvalue weighted by Gasteiger charge is 2.26. The van der Waals surface area contributed by atoms with E-state index in [1.807, 2.05) is 62.4 Å². The Labute approximate surface area is 197 Å². The van der Waals surface area contributed by atoms with Gasteiger partial charge in [-0.1, -0.05) is 49.4 Å². The van der Waals surface area contributed by atoms with E-state index < -0.39 is 16.1 Å². The molecule has 0 aromatic heterocycles. The molecule has 0 spiro atoms. The molecule has 33 heavy (non-hydrogen) atoms. The second-order valence-electron chi connectivity index (χ2n) is 8.25. The highest BCUT2D eigenvalue weighted by atomic mass is 32.2. The van der Waals surface area contributed by atoms with E-state index in [1.165, 1.54) is 10.6 Å². The first-order valence-electron chi connectivity index (χ1n) is 11.3. The largest absolute Gasteiger partial charge is 0.354 e. The number of nitrogens with one attached hydrogen (secondary N) is 1. The van der Waals surface area contributed by atoms with Crippen LogP contribution in [0.2, 0.25) is 0 Å². The normalized spacial score (nSPS) is 12.1. The van der Waals surface area contributed by atoms with Crippen LogP contribution in [-0.2, 0) is 26.2 Å². The summed E-state index contributed by atoms with van der Waals surface area (Å²) in [5.74, 6) is -0.380. The highest BCUT2D eigenvalue weighted by molar-refractivity contribution is 7.92. The first kappa shape index (κ1) is 26.4. The number of nitrogens with zero attached hydrogens (tertiary/aromatic N) is 2. The summed E-state index contributed by atoms with van der Waals surface area (Å²) < 4.78 is 26.1. The molecule has 2 aromatic carbocycles. The Bertz CT molecular complexity index is 1020. The zero-order valence-corrected chi connectivity index (χ0v) is 20.8. The lowest BCUT2D eigenvalue weighted by Gasteiger charge is -2.29. The van der Waals surface area contributed by atoms with E-state index in [-0.39, 0.29) is 24.8 Å². The van der Waals surface area contributed by atoms with E-state index >= 15 is 0 Å². The van der Waals surface area contributed by atoms with Crippen LogP contribution in [-0.4, -0.2) is 50.5 Å². The predicted molar refractivity (Wildman–Crippen MR) is 132 cm³/mol. The minimum atomic E-state index is -3.50. The fourth-order valence-electron chi connectivity index (χ4n) is 3.55. The molecule has 0 fully saturated rings. The van der Waals surface area contributed by atoms with Crippen LogP contribution in [0.25, 0.3) is 0 Å². The van der Waals surface area contributed by atoms with Crippen LogP contribution in [0.5, 0.6) is 0 Å². The Hall–Kier alpha value is -2.87. The van der Waals surface area contributed by atoms with Crippen LogP contribution >= 0.6 is 0 Å². The molecular weight excluding hydrogens is 438 g/mol. The number of anilines is 1. The first-order chi connectivity index (χ1) is 15.6. The number of hydrogen-bond acceptors (Lipinski definition) is 4. The number of amides is 2. The van der Waals surface area contributed by atoms with Gasteiger partial charge in [-0.3, -0.25) is 13.9 Å². The Morgan fingerprint density at radius 1 is 1.06 bits per heavy atom. The van der Waals surface area contributed by atoms with Gasteiger partial charge in [0.2, 0.25) is 21.8 Å². The Balaban J connectivity index is 2.12. The molecule has 0 aliphatic carbocycles. The molecule has 8 heteroatoms. The van der Waals surface area contributed by atoms with Gasteiger partial charge < -0.3 is 10.2 Å². The van der Waals surface area contributed by atoms with Gasteiger partial charge in [-0.05, 0) is 49.9 Å². The summed E-state index contributed by atoms with van der Waals surface area (Å²) in [4.78, 5) is 27.3. The van der Waals surface area contributed by atoms with E-state index in [1.54, 1.807) is 17.9 Å². The minimum Gasteiger partial charge on any atom is -0.354 e. The van der Waals surface area contributed by atoms with E-state index in [4.69, 9.17) is 0 Å². The topological polar surface area (TPSA) is 86.8 Å². The van der Waals surface area contributed by atoms with E-state index in [2.05, 4.69) is 5.32 Å². The molecule has 0 aliphatic rings. The van der Waals surface area contributed by atoms with Crippen LogP contribution in [0.3, 0.4) is 0 Å². The van der Waals surface area contributed by atoms with Crippen molar-refractivity contribution in [3.8, 4) is 0 Å². The van der Waals surface area contributed by atoms with Crippen LogP contribution in [0.4, 0.5) is 5.69 Å². The summed E-state index contributed by atoms with van der Waals surface area (Å²) in [5.41, 5.74) is 2.47. The lowest BCUT2D eigenvalue weighted by atomic mass is 10.1. The van der Waals surface area contributed by atoms with Crippen molar-refractivity contribution in [3.63, 3.8) is 0 Å². The van der Waals surface area contributed by atoms with Crippen LogP contribution in [0.1, 0.15) is 44.2 Å². The zero-order chi connectivity index (χ0) is 24.4. The lowest BCUT2D eigenvalue weighted by Crippen LogP contribution is -2.47. The molecule has 0 bridgehead atoms. The van der Waals surface area contributed by atoms with Crippen molar-refractivity contribution in [2.45, 2.75) is 52.6 Å². The van der Waals surface area contributed by atoms with Gasteiger partial charge in [-0.25, -0.2) is 8.42 Å². The van der Waals surface area contributed by atoms with Gasteiger partial charge >= 0.3 is 0 Å². The Morgan fingerprint density at radius 3 is 2.36 bits per heavy atom. The maximum Gasteiger partial charge on any atom is 0.242 e. The smallest absolute Gasteiger partial charge is 0.242 e. The fourth-order valence-corrected chi connectivity index (χ4v) is 4.50. The van der Waals surface area contributed by atoms with Crippen molar-refractivity contribution in [2.75, 3.05) is 23.7 Å². The third-order valence-electron chi connectivity index (χ3n) is 5.35. The third-order valence-corrected chi connectivity index (χ3v) is 6.55. The summed E-state index contributed by atoms with van der Waals surface area (Å²) in [6.45, 7) is 6.65. The minimum absolute atomic E-state index is 0.135. The quantitative estimate of drug-likeness (QED) is 0.511.